The van der Waals surface area contributed by atoms with Crippen LogP contribution in [0, 0.1) is 0 Å². The highest BCUT2D eigenvalue weighted by atomic mass is 16.5. The Morgan fingerprint density at radius 1 is 0.440 bits per heavy atom. The number of unbranched alkanes of at least 4 members (excludes halogenated alkanes) is 24. The van der Waals surface area contributed by atoms with Crippen molar-refractivity contribution in [3.8, 4) is 11.5 Å². The van der Waals surface area contributed by atoms with Gasteiger partial charge in [0.15, 0.2) is 0 Å². The molecule has 1 aromatic rings. The highest BCUT2D eigenvalue weighted by Crippen LogP contribution is 2.26. The van der Waals surface area contributed by atoms with Crippen molar-refractivity contribution in [1.29, 1.82) is 0 Å². The van der Waals surface area contributed by atoms with Crippen LogP contribution in [0.5, 0.6) is 11.5 Å². The summed E-state index contributed by atoms with van der Waals surface area (Å²) in [5.41, 5.74) is 1.33. The summed E-state index contributed by atoms with van der Waals surface area (Å²) in [6.45, 7) is 9.64. The van der Waals surface area contributed by atoms with Crippen LogP contribution in [0.25, 0.3) is 0 Å². The van der Waals surface area contributed by atoms with Gasteiger partial charge in [-0.05, 0) is 108 Å². The van der Waals surface area contributed by atoms with Crippen LogP contribution in [-0.2, 0) is 6.54 Å². The van der Waals surface area contributed by atoms with Gasteiger partial charge in [0.05, 0.1) is 13.2 Å². The van der Waals surface area contributed by atoms with Gasteiger partial charge in [-0.15, -0.1) is 0 Å². The third-order valence-electron chi connectivity index (χ3n) is 10.4. The Morgan fingerprint density at radius 2 is 0.780 bits per heavy atom. The molecule has 0 bridgehead atoms. The highest BCUT2D eigenvalue weighted by Gasteiger charge is 2.13. The zero-order valence-corrected chi connectivity index (χ0v) is 33.6. The van der Waals surface area contributed by atoms with Crippen molar-refractivity contribution in [3.05, 3.63) is 48.1 Å². The van der Waals surface area contributed by atoms with Gasteiger partial charge >= 0.3 is 0 Å². The van der Waals surface area contributed by atoms with E-state index in [1.807, 2.05) is 0 Å². The fourth-order valence-electron chi connectivity index (χ4n) is 7.17. The highest BCUT2D eigenvalue weighted by molar-refractivity contribution is 5.38. The van der Waals surface area contributed by atoms with Crippen molar-refractivity contribution in [2.45, 2.75) is 213 Å². The molecule has 3 heteroatoms. The molecule has 0 unspecified atom stereocenters. The van der Waals surface area contributed by atoms with Crippen molar-refractivity contribution in [2.24, 2.45) is 0 Å². The molecule has 1 aliphatic rings. The van der Waals surface area contributed by atoms with E-state index in [4.69, 9.17) is 9.47 Å². The summed E-state index contributed by atoms with van der Waals surface area (Å²) in [5.74, 6) is 1.98. The van der Waals surface area contributed by atoms with Gasteiger partial charge in [0.25, 0.3) is 0 Å². The van der Waals surface area contributed by atoms with Gasteiger partial charge in [-0.2, -0.15) is 0 Å². The monoisotopic (exact) mass is 694 g/mol. The maximum Gasteiger partial charge on any atom is 0.123 e. The van der Waals surface area contributed by atoms with Crippen molar-refractivity contribution >= 4 is 0 Å². The molecular formula is C47H83NO2. The van der Waals surface area contributed by atoms with Crippen LogP contribution in [0.15, 0.2) is 42.5 Å². The number of likely N-dealkylation sites (tertiary alicyclic amines) is 1. The van der Waals surface area contributed by atoms with Gasteiger partial charge in [-0.25, -0.2) is 0 Å². The number of allylic oxidation sites excluding steroid dienone is 4. The van der Waals surface area contributed by atoms with E-state index in [2.05, 4.69) is 61.3 Å². The first kappa shape index (κ1) is 44.4. The molecule has 0 atom stereocenters. The third kappa shape index (κ3) is 27.0. The maximum absolute atomic E-state index is 6.30. The molecule has 50 heavy (non-hydrogen) atoms. The molecule has 1 aliphatic heterocycles. The number of rotatable bonds is 36. The molecule has 3 nitrogen and oxygen atoms in total. The summed E-state index contributed by atoms with van der Waals surface area (Å²) in [6.07, 6.45) is 49.7. The van der Waals surface area contributed by atoms with E-state index in [9.17, 15) is 0 Å². The quantitative estimate of drug-likeness (QED) is 0.0516. The zero-order valence-electron chi connectivity index (χ0n) is 33.6. The lowest BCUT2D eigenvalue weighted by molar-refractivity contribution is 0.286. The van der Waals surface area contributed by atoms with Crippen molar-refractivity contribution < 1.29 is 9.47 Å². The summed E-state index contributed by atoms with van der Waals surface area (Å²) in [4.78, 5) is 2.57. The molecule has 0 aromatic heterocycles. The number of nitrogens with zero attached hydrogens (tertiary/aromatic N) is 1. The number of benzene rings is 1. The smallest absolute Gasteiger partial charge is 0.123 e. The molecule has 1 fully saturated rings. The molecule has 0 N–H and O–H groups in total. The molecule has 0 radical (unpaired) electrons. The van der Waals surface area contributed by atoms with E-state index in [0.717, 1.165) is 44.1 Å². The minimum Gasteiger partial charge on any atom is -0.493 e. The molecule has 1 saturated heterocycles. The molecule has 1 heterocycles. The second kappa shape index (κ2) is 34.4. The second-order valence-corrected chi connectivity index (χ2v) is 15.4. The SMILES string of the molecule is CCCCCCCCC=CCCCCCCCCOc1cc(CN2CCCC2)cc(OCCCCCCCCC=CCCCCCCCC)c1. The zero-order chi connectivity index (χ0) is 35.4. The molecule has 0 saturated carbocycles. The maximum atomic E-state index is 6.30. The first-order valence-electron chi connectivity index (χ1n) is 22.2. The van der Waals surface area contributed by atoms with Gasteiger partial charge in [0, 0.05) is 12.6 Å². The van der Waals surface area contributed by atoms with E-state index in [-0.39, 0.29) is 0 Å². The molecule has 0 aliphatic carbocycles. The van der Waals surface area contributed by atoms with Crippen molar-refractivity contribution in [3.63, 3.8) is 0 Å². The molecule has 0 spiro atoms. The van der Waals surface area contributed by atoms with E-state index in [1.54, 1.807) is 0 Å². The van der Waals surface area contributed by atoms with E-state index >= 15 is 0 Å². The van der Waals surface area contributed by atoms with Gasteiger partial charge in [0.2, 0.25) is 0 Å². The average Bonchev–Trinajstić information content (AvgIpc) is 3.64. The molecule has 2 rings (SSSR count). The fourth-order valence-corrected chi connectivity index (χ4v) is 7.17. The number of ether oxygens (including phenoxy) is 2. The largest absolute Gasteiger partial charge is 0.493 e. The average molecular weight is 694 g/mol. The standard InChI is InChI=1S/C47H83NO2/c1-3-5-7-9-11-13-15-17-19-21-23-25-27-29-31-35-39-49-46-41-45(44-48-37-33-34-38-48)42-47(43-46)50-40-36-32-30-28-26-24-22-20-18-16-14-12-10-8-6-4-2/h17-20,41-43H,3-16,21-40,44H2,1-2H3. The van der Waals surface area contributed by atoms with Gasteiger partial charge in [-0.3, -0.25) is 4.90 Å². The summed E-state index contributed by atoms with van der Waals surface area (Å²) in [6, 6.07) is 6.65. The van der Waals surface area contributed by atoms with E-state index < -0.39 is 0 Å². The topological polar surface area (TPSA) is 21.7 Å². The Kier molecular flexibility index (Phi) is 30.5. The van der Waals surface area contributed by atoms with Crippen LogP contribution in [0.1, 0.15) is 212 Å². The van der Waals surface area contributed by atoms with E-state index in [0.29, 0.717) is 0 Å². The minimum atomic E-state index is 0.808. The molecular weight excluding hydrogens is 611 g/mol. The molecule has 288 valence electrons. The normalized spacial score (nSPS) is 13.7. The third-order valence-corrected chi connectivity index (χ3v) is 10.4. The Hall–Kier alpha value is -1.74. The van der Waals surface area contributed by atoms with E-state index in [1.165, 1.54) is 198 Å². The van der Waals surface area contributed by atoms with Gasteiger partial charge in [-0.1, -0.05) is 154 Å². The van der Waals surface area contributed by atoms with Gasteiger partial charge in [0.1, 0.15) is 11.5 Å². The first-order valence-corrected chi connectivity index (χ1v) is 22.2. The lowest BCUT2D eigenvalue weighted by Crippen LogP contribution is -2.18. The van der Waals surface area contributed by atoms with Crippen LogP contribution >= 0.6 is 0 Å². The Bertz CT molecular complexity index is 855. The van der Waals surface area contributed by atoms with Crippen LogP contribution in [0.2, 0.25) is 0 Å². The van der Waals surface area contributed by atoms with Gasteiger partial charge < -0.3 is 9.47 Å². The predicted molar refractivity (Wildman–Crippen MR) is 221 cm³/mol. The molecule has 0 amide bonds. The second-order valence-electron chi connectivity index (χ2n) is 15.4. The van der Waals surface area contributed by atoms with Crippen LogP contribution < -0.4 is 9.47 Å². The molecule has 1 aromatic carbocycles. The Balaban J connectivity index is 1.51. The van der Waals surface area contributed by atoms with Crippen molar-refractivity contribution in [2.75, 3.05) is 26.3 Å². The predicted octanol–water partition coefficient (Wildman–Crippen LogP) is 15.1. The van der Waals surface area contributed by atoms with Crippen molar-refractivity contribution in [1.82, 2.24) is 4.90 Å². The lowest BCUT2D eigenvalue weighted by Gasteiger charge is -2.17. The fraction of sp³-hybridized carbons (Fsp3) is 0.787. The minimum absolute atomic E-state index is 0.808. The number of hydrogen-bond acceptors (Lipinski definition) is 3. The van der Waals surface area contributed by atoms with Crippen LogP contribution in [0.4, 0.5) is 0 Å². The summed E-state index contributed by atoms with van der Waals surface area (Å²) >= 11 is 0. The van der Waals surface area contributed by atoms with Crippen LogP contribution in [0.3, 0.4) is 0 Å². The lowest BCUT2D eigenvalue weighted by atomic mass is 10.1. The summed E-state index contributed by atoms with van der Waals surface area (Å²) in [7, 11) is 0. The van der Waals surface area contributed by atoms with Crippen LogP contribution in [-0.4, -0.2) is 31.2 Å². The Labute approximate surface area is 312 Å². The summed E-state index contributed by atoms with van der Waals surface area (Å²) in [5, 5.41) is 0. The first-order chi connectivity index (χ1) is 24.8. The number of hydrogen-bond donors (Lipinski definition) is 0. The Morgan fingerprint density at radius 3 is 1.16 bits per heavy atom. The summed E-state index contributed by atoms with van der Waals surface area (Å²) < 4.78 is 12.6.